The molecule has 6 rings (SSSR count). The molecule has 4 aromatic rings. The van der Waals surface area contributed by atoms with Crippen LogP contribution in [-0.4, -0.2) is 60.0 Å². The summed E-state index contributed by atoms with van der Waals surface area (Å²) in [6.45, 7) is 7.73. The SMILES string of the molecule is CCCOc1ccc(C2CN3C(=O)CN(Cc4cccc(OC)c4)C(=O)C3(C)c3[nH]c4ccccc4c32)cc1OCC. The Balaban J connectivity index is 1.45. The van der Waals surface area contributed by atoms with Crippen LogP contribution in [0, 0.1) is 0 Å². The maximum Gasteiger partial charge on any atom is 0.255 e. The van der Waals surface area contributed by atoms with Crippen LogP contribution in [0.4, 0.5) is 0 Å². The minimum atomic E-state index is -1.17. The van der Waals surface area contributed by atoms with Gasteiger partial charge in [0.25, 0.3) is 5.91 Å². The Hall–Kier alpha value is -4.46. The molecule has 1 fully saturated rings. The number of H-pyrrole nitrogens is 1. The van der Waals surface area contributed by atoms with Gasteiger partial charge < -0.3 is 29.0 Å². The largest absolute Gasteiger partial charge is 0.497 e. The van der Waals surface area contributed by atoms with E-state index >= 15 is 0 Å². The number of benzene rings is 3. The van der Waals surface area contributed by atoms with Crippen molar-refractivity contribution in [3.8, 4) is 17.2 Å². The Morgan fingerprint density at radius 1 is 0.976 bits per heavy atom. The first-order valence-corrected chi connectivity index (χ1v) is 14.6. The van der Waals surface area contributed by atoms with Gasteiger partial charge in [-0.1, -0.05) is 43.3 Å². The molecule has 218 valence electrons. The van der Waals surface area contributed by atoms with E-state index in [1.807, 2.05) is 68.4 Å². The van der Waals surface area contributed by atoms with Gasteiger partial charge in [0.2, 0.25) is 5.91 Å². The Morgan fingerprint density at radius 2 is 1.81 bits per heavy atom. The molecule has 0 saturated carbocycles. The highest BCUT2D eigenvalue weighted by Crippen LogP contribution is 2.49. The number of piperazine rings is 1. The molecule has 2 atom stereocenters. The van der Waals surface area contributed by atoms with Gasteiger partial charge >= 0.3 is 0 Å². The molecule has 8 nitrogen and oxygen atoms in total. The van der Waals surface area contributed by atoms with Crippen molar-refractivity contribution in [3.05, 3.63) is 89.1 Å². The van der Waals surface area contributed by atoms with E-state index < -0.39 is 5.54 Å². The zero-order chi connectivity index (χ0) is 29.4. The number of fused-ring (bicyclic) bond motifs is 5. The molecule has 1 aromatic heterocycles. The molecule has 2 unspecified atom stereocenters. The van der Waals surface area contributed by atoms with Crippen LogP contribution in [0.5, 0.6) is 17.2 Å². The first-order chi connectivity index (χ1) is 20.4. The summed E-state index contributed by atoms with van der Waals surface area (Å²) in [5, 5.41) is 1.05. The zero-order valence-electron chi connectivity index (χ0n) is 24.6. The Labute approximate surface area is 246 Å². The number of amides is 2. The molecule has 2 aliphatic heterocycles. The van der Waals surface area contributed by atoms with Gasteiger partial charge in [0, 0.05) is 29.9 Å². The van der Waals surface area contributed by atoms with Crippen molar-refractivity contribution < 1.29 is 23.8 Å². The lowest BCUT2D eigenvalue weighted by Gasteiger charge is -2.51. The second kappa shape index (κ2) is 11.1. The Bertz CT molecular complexity index is 1650. The first-order valence-electron chi connectivity index (χ1n) is 14.6. The summed E-state index contributed by atoms with van der Waals surface area (Å²) < 4.78 is 17.3. The molecule has 0 bridgehead atoms. The number of aromatic amines is 1. The van der Waals surface area contributed by atoms with Gasteiger partial charge in [-0.15, -0.1) is 0 Å². The molecule has 1 saturated heterocycles. The number of hydrogen-bond donors (Lipinski definition) is 1. The van der Waals surface area contributed by atoms with Crippen LogP contribution in [0.2, 0.25) is 0 Å². The predicted molar refractivity (Wildman–Crippen MR) is 161 cm³/mol. The van der Waals surface area contributed by atoms with Gasteiger partial charge in [-0.05, 0) is 67.3 Å². The highest BCUT2D eigenvalue weighted by Gasteiger charge is 2.56. The van der Waals surface area contributed by atoms with Gasteiger partial charge in [0.15, 0.2) is 17.0 Å². The number of para-hydroxylation sites is 1. The maximum atomic E-state index is 14.4. The summed E-state index contributed by atoms with van der Waals surface area (Å²) in [4.78, 5) is 35.3. The normalized spacial score (nSPS) is 20.0. The van der Waals surface area contributed by atoms with Crippen LogP contribution in [0.15, 0.2) is 66.7 Å². The maximum absolute atomic E-state index is 14.4. The van der Waals surface area contributed by atoms with Crippen molar-refractivity contribution in [3.63, 3.8) is 0 Å². The van der Waals surface area contributed by atoms with Gasteiger partial charge in [-0.3, -0.25) is 9.59 Å². The molecule has 2 aliphatic rings. The van der Waals surface area contributed by atoms with Crippen molar-refractivity contribution in [1.29, 1.82) is 0 Å². The van der Waals surface area contributed by atoms with Gasteiger partial charge in [-0.2, -0.15) is 0 Å². The fraction of sp³-hybridized carbons (Fsp3) is 0.353. The highest BCUT2D eigenvalue weighted by atomic mass is 16.5. The summed E-state index contributed by atoms with van der Waals surface area (Å²) in [5.41, 5.74) is 3.48. The van der Waals surface area contributed by atoms with E-state index in [-0.39, 0.29) is 24.3 Å². The average Bonchev–Trinajstić information content (AvgIpc) is 3.40. The fourth-order valence-corrected chi connectivity index (χ4v) is 6.43. The summed E-state index contributed by atoms with van der Waals surface area (Å²) in [6.07, 6.45) is 0.896. The van der Waals surface area contributed by atoms with Crippen molar-refractivity contribution in [2.24, 2.45) is 0 Å². The molecule has 3 aromatic carbocycles. The lowest BCUT2D eigenvalue weighted by Crippen LogP contribution is -2.67. The number of rotatable bonds is 9. The second-order valence-electron chi connectivity index (χ2n) is 11.1. The quantitative estimate of drug-likeness (QED) is 0.285. The number of ether oxygens (including phenoxy) is 3. The van der Waals surface area contributed by atoms with Crippen molar-refractivity contribution in [2.45, 2.75) is 45.2 Å². The molecule has 42 heavy (non-hydrogen) atoms. The minimum Gasteiger partial charge on any atom is -0.497 e. The smallest absolute Gasteiger partial charge is 0.255 e. The van der Waals surface area contributed by atoms with Gasteiger partial charge in [0.1, 0.15) is 12.3 Å². The van der Waals surface area contributed by atoms with E-state index in [4.69, 9.17) is 14.2 Å². The molecular weight excluding hydrogens is 530 g/mol. The first kappa shape index (κ1) is 27.7. The monoisotopic (exact) mass is 567 g/mol. The minimum absolute atomic E-state index is 0.0158. The van der Waals surface area contributed by atoms with Crippen LogP contribution in [0.25, 0.3) is 10.9 Å². The van der Waals surface area contributed by atoms with Crippen LogP contribution in [0.1, 0.15) is 55.5 Å². The molecule has 0 aliphatic carbocycles. The molecule has 0 spiro atoms. The summed E-state index contributed by atoms with van der Waals surface area (Å²) in [7, 11) is 1.62. The van der Waals surface area contributed by atoms with E-state index in [1.54, 1.807) is 16.9 Å². The third-order valence-electron chi connectivity index (χ3n) is 8.46. The molecular formula is C34H37N3O5. The number of nitrogens with zero attached hydrogens (tertiary/aromatic N) is 2. The van der Waals surface area contributed by atoms with Crippen molar-refractivity contribution in [2.75, 3.05) is 33.4 Å². The number of carbonyl (C=O) groups excluding carboxylic acids is 2. The summed E-state index contributed by atoms with van der Waals surface area (Å²) in [6, 6.07) is 21.8. The Morgan fingerprint density at radius 3 is 2.60 bits per heavy atom. The average molecular weight is 568 g/mol. The fourth-order valence-electron chi connectivity index (χ4n) is 6.43. The number of nitrogens with one attached hydrogen (secondary N) is 1. The topological polar surface area (TPSA) is 84.1 Å². The van der Waals surface area contributed by atoms with Crippen molar-refractivity contribution in [1.82, 2.24) is 14.8 Å². The third kappa shape index (κ3) is 4.55. The van der Waals surface area contributed by atoms with E-state index in [9.17, 15) is 9.59 Å². The molecule has 3 heterocycles. The van der Waals surface area contributed by atoms with Crippen LogP contribution in [-0.2, 0) is 21.7 Å². The molecule has 0 radical (unpaired) electrons. The molecule has 1 N–H and O–H groups in total. The van der Waals surface area contributed by atoms with Crippen LogP contribution in [0.3, 0.4) is 0 Å². The second-order valence-corrected chi connectivity index (χ2v) is 11.1. The number of hydrogen-bond acceptors (Lipinski definition) is 5. The lowest BCUT2D eigenvalue weighted by molar-refractivity contribution is -0.166. The summed E-state index contributed by atoms with van der Waals surface area (Å²) >= 11 is 0. The van der Waals surface area contributed by atoms with E-state index in [1.165, 1.54) is 0 Å². The molecule has 2 amide bonds. The van der Waals surface area contributed by atoms with E-state index in [0.717, 1.165) is 39.7 Å². The third-order valence-corrected chi connectivity index (χ3v) is 8.46. The van der Waals surface area contributed by atoms with Gasteiger partial charge in [0.05, 0.1) is 26.0 Å². The summed E-state index contributed by atoms with van der Waals surface area (Å²) in [5.74, 6) is 1.76. The number of aromatic nitrogens is 1. The van der Waals surface area contributed by atoms with Crippen molar-refractivity contribution >= 4 is 22.7 Å². The highest BCUT2D eigenvalue weighted by molar-refractivity contribution is 6.01. The van der Waals surface area contributed by atoms with Gasteiger partial charge in [-0.25, -0.2) is 0 Å². The van der Waals surface area contributed by atoms with E-state index in [0.29, 0.717) is 43.6 Å². The van der Waals surface area contributed by atoms with Crippen LogP contribution >= 0.6 is 0 Å². The zero-order valence-corrected chi connectivity index (χ0v) is 24.6. The standard InChI is InChI=1S/C34H37N3O5/c1-5-16-42-28-15-14-23(18-29(28)41-6-2)26-20-37-30(38)21-36(19-22-10-9-11-24(17-22)40-4)33(39)34(37,3)32-31(26)25-12-7-8-13-27(25)35-32/h7-15,17-18,26,35H,5-6,16,19-21H2,1-4H3. The van der Waals surface area contributed by atoms with Crippen LogP contribution < -0.4 is 14.2 Å². The number of carbonyl (C=O) groups is 2. The molecule has 8 heteroatoms. The predicted octanol–water partition coefficient (Wildman–Crippen LogP) is 5.60. The Kier molecular flexibility index (Phi) is 7.31. The van der Waals surface area contributed by atoms with E-state index in [2.05, 4.69) is 24.0 Å². The lowest BCUT2D eigenvalue weighted by atomic mass is 9.76. The number of methoxy groups -OCH3 is 1.